The number of ether oxygens (including phenoxy) is 1. The van der Waals surface area contributed by atoms with Crippen molar-refractivity contribution in [1.82, 2.24) is 5.32 Å². The van der Waals surface area contributed by atoms with Crippen LogP contribution in [0.2, 0.25) is 0 Å². The fourth-order valence-electron chi connectivity index (χ4n) is 1.79. The molecule has 0 saturated heterocycles. The van der Waals surface area contributed by atoms with E-state index in [2.05, 4.69) is 12.2 Å². The summed E-state index contributed by atoms with van der Waals surface area (Å²) in [4.78, 5) is 11.6. The molecule has 2 aromatic rings. The van der Waals surface area contributed by atoms with Crippen LogP contribution in [0.3, 0.4) is 0 Å². The highest BCUT2D eigenvalue weighted by Gasteiger charge is 2.06. The van der Waals surface area contributed by atoms with Gasteiger partial charge in [0.2, 0.25) is 0 Å². The second-order valence-corrected chi connectivity index (χ2v) is 4.48. The molecule has 0 aliphatic heterocycles. The molecule has 106 valence electrons. The fourth-order valence-corrected chi connectivity index (χ4v) is 1.79. The number of furan rings is 1. The van der Waals surface area contributed by atoms with E-state index in [0.717, 1.165) is 30.8 Å². The Bertz CT molecular complexity index is 517. The van der Waals surface area contributed by atoms with Crippen LogP contribution in [0, 0.1) is 0 Å². The molecule has 0 aliphatic carbocycles. The van der Waals surface area contributed by atoms with Crippen LogP contribution in [0.15, 0.2) is 47.1 Å². The van der Waals surface area contributed by atoms with Crippen LogP contribution in [0.25, 0.3) is 0 Å². The summed E-state index contributed by atoms with van der Waals surface area (Å²) in [6.45, 7) is 3.39. The van der Waals surface area contributed by atoms with Gasteiger partial charge in [-0.25, -0.2) is 0 Å². The van der Waals surface area contributed by atoms with E-state index in [0.29, 0.717) is 12.3 Å². The lowest BCUT2D eigenvalue weighted by molar-refractivity contribution is 0.0926. The van der Waals surface area contributed by atoms with Crippen LogP contribution in [-0.4, -0.2) is 19.1 Å². The van der Waals surface area contributed by atoms with Crippen LogP contribution in [-0.2, 0) is 6.42 Å². The maximum absolute atomic E-state index is 11.6. The standard InChI is InChI=1S/C16H19NO3/c1-2-11-19-14-7-5-13(6-8-14)9-10-17-16(18)15-4-3-12-20-15/h3-8,12H,2,9-11H2,1H3,(H,17,18). The molecule has 4 heteroatoms. The first kappa shape index (κ1) is 14.2. The molecule has 20 heavy (non-hydrogen) atoms. The number of hydrogen-bond acceptors (Lipinski definition) is 3. The molecule has 0 radical (unpaired) electrons. The molecule has 2 rings (SSSR count). The van der Waals surface area contributed by atoms with E-state index in [1.54, 1.807) is 12.1 Å². The zero-order chi connectivity index (χ0) is 14.2. The van der Waals surface area contributed by atoms with Crippen molar-refractivity contribution in [3.63, 3.8) is 0 Å². The average molecular weight is 273 g/mol. The minimum absolute atomic E-state index is 0.183. The van der Waals surface area contributed by atoms with E-state index in [-0.39, 0.29) is 5.91 Å². The molecule has 0 atom stereocenters. The molecule has 1 aromatic carbocycles. The van der Waals surface area contributed by atoms with Crippen molar-refractivity contribution in [1.29, 1.82) is 0 Å². The van der Waals surface area contributed by atoms with E-state index < -0.39 is 0 Å². The van der Waals surface area contributed by atoms with E-state index in [1.165, 1.54) is 6.26 Å². The molecule has 0 spiro atoms. The van der Waals surface area contributed by atoms with Crippen molar-refractivity contribution >= 4 is 5.91 Å². The Labute approximate surface area is 118 Å². The van der Waals surface area contributed by atoms with Gasteiger partial charge in [0.15, 0.2) is 5.76 Å². The van der Waals surface area contributed by atoms with Gasteiger partial charge in [0, 0.05) is 6.54 Å². The molecule has 0 bridgehead atoms. The quantitative estimate of drug-likeness (QED) is 0.843. The second-order valence-electron chi connectivity index (χ2n) is 4.48. The molecule has 0 saturated carbocycles. The predicted molar refractivity (Wildman–Crippen MR) is 77.0 cm³/mol. The number of rotatable bonds is 7. The molecule has 0 fully saturated rings. The van der Waals surface area contributed by atoms with E-state index in [9.17, 15) is 4.79 Å². The SMILES string of the molecule is CCCOc1ccc(CCNC(=O)c2ccco2)cc1. The van der Waals surface area contributed by atoms with Crippen molar-refractivity contribution in [2.75, 3.05) is 13.2 Å². The minimum atomic E-state index is -0.183. The van der Waals surface area contributed by atoms with Crippen LogP contribution in [0.5, 0.6) is 5.75 Å². The number of carbonyl (C=O) groups is 1. The Kier molecular flexibility index (Phi) is 5.24. The summed E-state index contributed by atoms with van der Waals surface area (Å²) in [6.07, 6.45) is 3.27. The lowest BCUT2D eigenvalue weighted by Crippen LogP contribution is -2.25. The Morgan fingerprint density at radius 3 is 2.70 bits per heavy atom. The van der Waals surface area contributed by atoms with Crippen molar-refractivity contribution in [3.8, 4) is 5.75 Å². The maximum atomic E-state index is 11.6. The van der Waals surface area contributed by atoms with Crippen molar-refractivity contribution < 1.29 is 13.9 Å². The normalized spacial score (nSPS) is 10.2. The fraction of sp³-hybridized carbons (Fsp3) is 0.312. The first-order chi connectivity index (χ1) is 9.79. The van der Waals surface area contributed by atoms with E-state index in [4.69, 9.17) is 9.15 Å². The summed E-state index contributed by atoms with van der Waals surface area (Å²) >= 11 is 0. The third-order valence-electron chi connectivity index (χ3n) is 2.84. The Hall–Kier alpha value is -2.23. The number of benzene rings is 1. The van der Waals surface area contributed by atoms with Gasteiger partial charge in [0.25, 0.3) is 5.91 Å². The van der Waals surface area contributed by atoms with Gasteiger partial charge < -0.3 is 14.5 Å². The summed E-state index contributed by atoms with van der Waals surface area (Å²) in [6, 6.07) is 11.3. The number of amides is 1. The summed E-state index contributed by atoms with van der Waals surface area (Å²) < 4.78 is 10.5. The summed E-state index contributed by atoms with van der Waals surface area (Å²) in [7, 11) is 0. The van der Waals surface area contributed by atoms with E-state index in [1.807, 2.05) is 24.3 Å². The topological polar surface area (TPSA) is 51.5 Å². The van der Waals surface area contributed by atoms with Crippen LogP contribution in [0.4, 0.5) is 0 Å². The van der Waals surface area contributed by atoms with Gasteiger partial charge in [-0.3, -0.25) is 4.79 Å². The average Bonchev–Trinajstić information content (AvgIpc) is 3.00. The van der Waals surface area contributed by atoms with Gasteiger partial charge in [-0.05, 0) is 42.7 Å². The van der Waals surface area contributed by atoms with E-state index >= 15 is 0 Å². The van der Waals surface area contributed by atoms with Gasteiger partial charge in [-0.15, -0.1) is 0 Å². The summed E-state index contributed by atoms with van der Waals surface area (Å²) in [5.74, 6) is 1.04. The molecular formula is C16H19NO3. The smallest absolute Gasteiger partial charge is 0.286 e. The summed E-state index contributed by atoms with van der Waals surface area (Å²) in [5, 5.41) is 2.82. The monoisotopic (exact) mass is 273 g/mol. The Morgan fingerprint density at radius 1 is 1.25 bits per heavy atom. The second kappa shape index (κ2) is 7.38. The van der Waals surface area contributed by atoms with Crippen molar-refractivity contribution in [2.45, 2.75) is 19.8 Å². The molecule has 1 heterocycles. The Morgan fingerprint density at radius 2 is 2.05 bits per heavy atom. The summed E-state index contributed by atoms with van der Waals surface area (Å²) in [5.41, 5.74) is 1.16. The maximum Gasteiger partial charge on any atom is 0.286 e. The van der Waals surface area contributed by atoms with Gasteiger partial charge >= 0.3 is 0 Å². The predicted octanol–water partition coefficient (Wildman–Crippen LogP) is 3.04. The molecule has 1 aromatic heterocycles. The van der Waals surface area contributed by atoms with Gasteiger partial charge in [-0.1, -0.05) is 19.1 Å². The first-order valence-electron chi connectivity index (χ1n) is 6.83. The number of nitrogens with one attached hydrogen (secondary N) is 1. The molecule has 4 nitrogen and oxygen atoms in total. The van der Waals surface area contributed by atoms with Crippen molar-refractivity contribution in [3.05, 3.63) is 54.0 Å². The highest BCUT2D eigenvalue weighted by molar-refractivity contribution is 5.91. The van der Waals surface area contributed by atoms with Crippen LogP contribution < -0.4 is 10.1 Å². The zero-order valence-corrected chi connectivity index (χ0v) is 11.6. The minimum Gasteiger partial charge on any atom is -0.494 e. The third kappa shape index (κ3) is 4.16. The molecule has 0 aliphatic rings. The lowest BCUT2D eigenvalue weighted by Gasteiger charge is -2.06. The van der Waals surface area contributed by atoms with Gasteiger partial charge in [-0.2, -0.15) is 0 Å². The van der Waals surface area contributed by atoms with Crippen LogP contribution >= 0.6 is 0 Å². The zero-order valence-electron chi connectivity index (χ0n) is 11.6. The lowest BCUT2D eigenvalue weighted by atomic mass is 10.1. The third-order valence-corrected chi connectivity index (χ3v) is 2.84. The number of hydrogen-bond donors (Lipinski definition) is 1. The van der Waals surface area contributed by atoms with Gasteiger partial charge in [0.05, 0.1) is 12.9 Å². The molecular weight excluding hydrogens is 254 g/mol. The van der Waals surface area contributed by atoms with Crippen LogP contribution in [0.1, 0.15) is 29.5 Å². The highest BCUT2D eigenvalue weighted by atomic mass is 16.5. The highest BCUT2D eigenvalue weighted by Crippen LogP contribution is 2.12. The van der Waals surface area contributed by atoms with Crippen molar-refractivity contribution in [2.24, 2.45) is 0 Å². The first-order valence-corrected chi connectivity index (χ1v) is 6.83. The number of carbonyl (C=O) groups excluding carboxylic acids is 1. The molecule has 1 amide bonds. The Balaban J connectivity index is 1.75. The largest absolute Gasteiger partial charge is 0.494 e. The molecule has 1 N–H and O–H groups in total. The van der Waals surface area contributed by atoms with Gasteiger partial charge in [0.1, 0.15) is 5.75 Å². The molecule has 0 unspecified atom stereocenters.